The monoisotopic (exact) mass is 748 g/mol. The van der Waals surface area contributed by atoms with Crippen LogP contribution in [-0.4, -0.2) is 95.3 Å². The third-order valence-corrected chi connectivity index (χ3v) is 8.18. The Morgan fingerprint density at radius 1 is 0.804 bits per heavy atom. The van der Waals surface area contributed by atoms with Gasteiger partial charge >= 0.3 is 5.97 Å². The van der Waals surface area contributed by atoms with E-state index in [4.69, 9.17) is 14.6 Å². The highest BCUT2D eigenvalue weighted by Gasteiger charge is 2.29. The number of fused-ring (bicyclic) bond motifs is 2. The first kappa shape index (κ1) is 43.3. The fourth-order valence-corrected chi connectivity index (χ4v) is 5.06. The van der Waals surface area contributed by atoms with Crippen molar-refractivity contribution in [2.45, 2.75) is 77.4 Å². The second-order valence-electron chi connectivity index (χ2n) is 12.2. The highest BCUT2D eigenvalue weighted by Crippen LogP contribution is 2.22. The van der Waals surface area contributed by atoms with Gasteiger partial charge in [0.25, 0.3) is 0 Å². The van der Waals surface area contributed by atoms with E-state index in [-0.39, 0.29) is 48.6 Å². The molecule has 3 amide bonds. The number of carbonyl (C=O) groups excluding carboxylic acids is 3. The van der Waals surface area contributed by atoms with Gasteiger partial charge in [-0.05, 0) is 72.2 Å². The maximum absolute atomic E-state index is 12.1. The summed E-state index contributed by atoms with van der Waals surface area (Å²) >= 11 is 0. The summed E-state index contributed by atoms with van der Waals surface area (Å²) in [6.45, 7) is 9.49. The maximum atomic E-state index is 12.1. The molecular weight excluding hydrogens is 699 g/mol. The standard InChI is InChI=1S/C18H23N3O3.C11H10N2O3.C7H15NO.2ClH/c1-2-3-8-24-15-11-21(12-15)17(23)7-4-13-9-14-5-6-16(22)20-18(14)19-10-13;14-9-3-2-8-5-7(1-4-10(15)16)6-12-11(8)13-9;1-2-3-4-9-7-5-8-6-7;;/h4,7,9-10,15H,2-3,5-6,8,11-12H2,1H3,(H,19,20,22);1,4-6H,2-3H2,(H,15,16)(H,12,13,14);7-8H,2-6H2,1H3;2*1H/b7-4+;4-1+;;;. The molecule has 0 atom stereocenters. The van der Waals surface area contributed by atoms with E-state index < -0.39 is 5.97 Å². The molecule has 0 aromatic carbocycles. The molecule has 0 bridgehead atoms. The first-order valence-electron chi connectivity index (χ1n) is 17.1. The summed E-state index contributed by atoms with van der Waals surface area (Å²) in [4.78, 5) is 55.0. The zero-order chi connectivity index (χ0) is 35.0. The number of aliphatic carboxylic acids is 1. The van der Waals surface area contributed by atoms with Gasteiger partial charge in [0.1, 0.15) is 11.6 Å². The van der Waals surface area contributed by atoms with Gasteiger partial charge in [0, 0.05) is 76.8 Å². The number of nitrogens with one attached hydrogen (secondary N) is 3. The van der Waals surface area contributed by atoms with Gasteiger partial charge in [0.15, 0.2) is 0 Å². The molecule has 0 unspecified atom stereocenters. The predicted molar refractivity (Wildman–Crippen MR) is 201 cm³/mol. The van der Waals surface area contributed by atoms with E-state index in [1.807, 2.05) is 12.1 Å². The zero-order valence-corrected chi connectivity index (χ0v) is 30.9. The number of amides is 3. The van der Waals surface area contributed by atoms with Crippen LogP contribution in [0.2, 0.25) is 0 Å². The summed E-state index contributed by atoms with van der Waals surface area (Å²) in [6, 6.07) is 3.81. The van der Waals surface area contributed by atoms with Crippen LogP contribution in [0.25, 0.3) is 12.2 Å². The molecule has 2 aromatic heterocycles. The van der Waals surface area contributed by atoms with Crippen LogP contribution in [0.3, 0.4) is 0 Å². The average Bonchev–Trinajstić information content (AvgIpc) is 3.05. The van der Waals surface area contributed by atoms with Crippen molar-refractivity contribution in [3.05, 3.63) is 58.9 Å². The maximum Gasteiger partial charge on any atom is 0.328 e. The number of anilines is 2. The van der Waals surface area contributed by atoms with E-state index in [0.717, 1.165) is 67.5 Å². The van der Waals surface area contributed by atoms with Gasteiger partial charge < -0.3 is 35.4 Å². The van der Waals surface area contributed by atoms with E-state index in [9.17, 15) is 19.2 Å². The summed E-state index contributed by atoms with van der Waals surface area (Å²) in [5.41, 5.74) is 3.54. The molecule has 51 heavy (non-hydrogen) atoms. The Hall–Kier alpha value is -3.88. The molecule has 0 aliphatic carbocycles. The lowest BCUT2D eigenvalue weighted by Gasteiger charge is -2.38. The van der Waals surface area contributed by atoms with Crippen molar-refractivity contribution < 1.29 is 33.8 Å². The molecule has 0 saturated carbocycles. The molecule has 15 heteroatoms. The van der Waals surface area contributed by atoms with Crippen molar-refractivity contribution in [2.24, 2.45) is 0 Å². The second kappa shape index (κ2) is 22.8. The van der Waals surface area contributed by atoms with Crippen LogP contribution in [0.5, 0.6) is 0 Å². The van der Waals surface area contributed by atoms with Crippen molar-refractivity contribution in [3.8, 4) is 0 Å². The van der Waals surface area contributed by atoms with Crippen LogP contribution in [0.1, 0.15) is 74.6 Å². The Morgan fingerprint density at radius 3 is 1.75 bits per heavy atom. The van der Waals surface area contributed by atoms with E-state index >= 15 is 0 Å². The lowest BCUT2D eigenvalue weighted by Crippen LogP contribution is -2.54. The fraction of sp³-hybridized carbons (Fsp3) is 0.500. The Balaban J connectivity index is 0.000000288. The summed E-state index contributed by atoms with van der Waals surface area (Å²) in [6.07, 6.45) is 16.7. The number of aromatic nitrogens is 2. The normalized spacial score (nSPS) is 16.3. The number of likely N-dealkylation sites (tertiary alicyclic amines) is 1. The third-order valence-electron chi connectivity index (χ3n) is 8.18. The number of unbranched alkanes of at least 4 members (excludes halogenated alkanes) is 2. The van der Waals surface area contributed by atoms with E-state index in [0.29, 0.717) is 56.5 Å². The molecule has 6 rings (SSSR count). The minimum absolute atomic E-state index is 0. The van der Waals surface area contributed by atoms with Crippen molar-refractivity contribution in [3.63, 3.8) is 0 Å². The molecule has 2 fully saturated rings. The minimum atomic E-state index is -0.994. The molecule has 13 nitrogen and oxygen atoms in total. The number of carboxylic acid groups (broad SMARTS) is 1. The Kier molecular flexibility index (Phi) is 19.4. The number of carboxylic acids is 1. The summed E-state index contributed by atoms with van der Waals surface area (Å²) in [7, 11) is 0. The molecular formula is C36H50Cl2N6O7. The Morgan fingerprint density at radius 2 is 1.29 bits per heavy atom. The number of pyridine rings is 2. The van der Waals surface area contributed by atoms with Gasteiger partial charge in [-0.15, -0.1) is 24.8 Å². The Labute approximate surface area is 311 Å². The van der Waals surface area contributed by atoms with E-state index in [2.05, 4.69) is 39.8 Å². The highest BCUT2D eigenvalue weighted by atomic mass is 35.5. The van der Waals surface area contributed by atoms with Crippen molar-refractivity contribution >= 4 is 72.3 Å². The largest absolute Gasteiger partial charge is 0.478 e. The van der Waals surface area contributed by atoms with Crippen molar-refractivity contribution in [1.29, 1.82) is 0 Å². The molecule has 0 spiro atoms. The number of hydrogen-bond donors (Lipinski definition) is 4. The molecule has 0 radical (unpaired) electrons. The van der Waals surface area contributed by atoms with Crippen molar-refractivity contribution in [1.82, 2.24) is 20.2 Å². The molecule has 2 aromatic rings. The van der Waals surface area contributed by atoms with Crippen LogP contribution >= 0.6 is 24.8 Å². The van der Waals surface area contributed by atoms with Gasteiger partial charge in [0.05, 0.1) is 12.2 Å². The van der Waals surface area contributed by atoms with Gasteiger partial charge in [0.2, 0.25) is 17.7 Å². The minimum Gasteiger partial charge on any atom is -0.478 e. The van der Waals surface area contributed by atoms with Crippen LogP contribution in [-0.2, 0) is 41.5 Å². The quantitative estimate of drug-likeness (QED) is 0.176. The number of rotatable bonds is 12. The number of hydrogen-bond acceptors (Lipinski definition) is 9. The van der Waals surface area contributed by atoms with Crippen LogP contribution in [0.15, 0.2) is 36.7 Å². The van der Waals surface area contributed by atoms with Crippen LogP contribution in [0, 0.1) is 0 Å². The summed E-state index contributed by atoms with van der Waals surface area (Å²) in [5.74, 6) is 0.173. The number of ether oxygens (including phenoxy) is 2. The highest BCUT2D eigenvalue weighted by molar-refractivity contribution is 5.94. The van der Waals surface area contributed by atoms with Gasteiger partial charge in [-0.1, -0.05) is 26.7 Å². The molecule has 4 aliphatic rings. The SMILES string of the molecule is CCCCOC1CN(C(=O)/C=C/c2cnc3c(c2)CCC(=O)N3)C1.CCCCOC1CNC1.Cl.Cl.O=C(O)/C=C/c1cnc2c(c1)CCC(=O)N2. The van der Waals surface area contributed by atoms with Gasteiger partial charge in [-0.2, -0.15) is 0 Å². The van der Waals surface area contributed by atoms with Crippen LogP contribution < -0.4 is 16.0 Å². The lowest BCUT2D eigenvalue weighted by atomic mass is 10.0. The topological polar surface area (TPSA) is 172 Å². The predicted octanol–water partition coefficient (Wildman–Crippen LogP) is 4.69. The number of nitrogens with zero attached hydrogens (tertiary/aromatic N) is 3. The molecule has 6 heterocycles. The van der Waals surface area contributed by atoms with Crippen LogP contribution in [0.4, 0.5) is 11.6 Å². The number of aryl methyl sites for hydroxylation is 2. The smallest absolute Gasteiger partial charge is 0.328 e. The molecule has 280 valence electrons. The molecule has 4 N–H and O–H groups in total. The van der Waals surface area contributed by atoms with E-state index in [1.165, 1.54) is 25.1 Å². The first-order chi connectivity index (χ1) is 23.7. The first-order valence-corrected chi connectivity index (χ1v) is 17.1. The zero-order valence-electron chi connectivity index (χ0n) is 29.2. The average molecular weight is 750 g/mol. The third kappa shape index (κ3) is 14.7. The molecule has 2 saturated heterocycles. The lowest BCUT2D eigenvalue weighted by molar-refractivity contribution is -0.139. The van der Waals surface area contributed by atoms with Gasteiger partial charge in [-0.3, -0.25) is 14.4 Å². The van der Waals surface area contributed by atoms with Crippen molar-refractivity contribution in [2.75, 3.05) is 50.0 Å². The van der Waals surface area contributed by atoms with Gasteiger partial charge in [-0.25, -0.2) is 14.8 Å². The summed E-state index contributed by atoms with van der Waals surface area (Å²) in [5, 5.41) is 17.1. The number of carbonyl (C=O) groups is 4. The van der Waals surface area contributed by atoms with E-state index in [1.54, 1.807) is 23.2 Å². The molecule has 4 aliphatic heterocycles. The number of halogens is 2. The summed E-state index contributed by atoms with van der Waals surface area (Å²) < 4.78 is 11.1. The fourth-order valence-electron chi connectivity index (χ4n) is 5.06. The Bertz CT molecular complexity index is 1510. The second-order valence-corrected chi connectivity index (χ2v) is 12.2.